The van der Waals surface area contributed by atoms with Crippen LogP contribution >= 0.6 is 36.4 Å². The summed E-state index contributed by atoms with van der Waals surface area (Å²) >= 11 is 6.60. The van der Waals surface area contributed by atoms with Crippen molar-refractivity contribution < 1.29 is 0 Å². The molecule has 3 heterocycles. The van der Waals surface area contributed by atoms with Gasteiger partial charge in [-0.3, -0.25) is 4.90 Å². The second-order valence-corrected chi connectivity index (χ2v) is 7.09. The van der Waals surface area contributed by atoms with E-state index in [0.717, 1.165) is 52.1 Å². The quantitative estimate of drug-likeness (QED) is 0.840. The number of benzene rings is 1. The van der Waals surface area contributed by atoms with Gasteiger partial charge in [0.15, 0.2) is 0 Å². The van der Waals surface area contributed by atoms with Crippen LogP contribution in [0.4, 0.5) is 0 Å². The maximum absolute atomic E-state index is 6.60. The van der Waals surface area contributed by atoms with Gasteiger partial charge in [0.05, 0.1) is 16.2 Å². The average Bonchev–Trinajstić information content (AvgIpc) is 3.00. The molecule has 2 aliphatic heterocycles. The average molecular weight is 389 g/mol. The van der Waals surface area contributed by atoms with Crippen molar-refractivity contribution in [3.05, 3.63) is 40.5 Å². The van der Waals surface area contributed by atoms with Gasteiger partial charge < -0.3 is 5.32 Å². The van der Waals surface area contributed by atoms with E-state index < -0.39 is 0 Å². The van der Waals surface area contributed by atoms with E-state index in [2.05, 4.69) is 29.3 Å². The summed E-state index contributed by atoms with van der Waals surface area (Å²) in [6.07, 6.45) is 1.29. The number of piperidine rings is 1. The van der Waals surface area contributed by atoms with Crippen molar-refractivity contribution in [2.75, 3.05) is 26.2 Å². The molecule has 2 unspecified atom stereocenters. The molecule has 6 heteroatoms. The molecule has 0 amide bonds. The number of pyridine rings is 1. The predicted molar refractivity (Wildman–Crippen MR) is 106 cm³/mol. The summed E-state index contributed by atoms with van der Waals surface area (Å²) in [5.74, 6) is 1.67. The maximum Gasteiger partial charge on any atom is 0.0740 e. The molecule has 0 saturated carbocycles. The Labute approximate surface area is 161 Å². The van der Waals surface area contributed by atoms with Crippen LogP contribution < -0.4 is 5.32 Å². The van der Waals surface area contributed by atoms with Gasteiger partial charge in [0, 0.05) is 18.5 Å². The van der Waals surface area contributed by atoms with Crippen molar-refractivity contribution in [1.29, 1.82) is 0 Å². The summed E-state index contributed by atoms with van der Waals surface area (Å²) in [6, 6.07) is 8.27. The van der Waals surface area contributed by atoms with Gasteiger partial charge in [-0.2, -0.15) is 0 Å². The van der Waals surface area contributed by atoms with E-state index in [9.17, 15) is 0 Å². The van der Waals surface area contributed by atoms with Crippen molar-refractivity contribution in [3.8, 4) is 0 Å². The summed E-state index contributed by atoms with van der Waals surface area (Å²) in [4.78, 5) is 7.35. The first-order chi connectivity index (χ1) is 10.7. The molecule has 4 rings (SSSR count). The van der Waals surface area contributed by atoms with E-state index in [0.29, 0.717) is 0 Å². The molecule has 132 valence electrons. The molecule has 0 spiro atoms. The Hall–Kier alpha value is -0.580. The summed E-state index contributed by atoms with van der Waals surface area (Å²) < 4.78 is 0. The number of fused-ring (bicyclic) bond motifs is 2. The molecule has 0 bridgehead atoms. The molecular formula is C18H24Cl3N3. The zero-order chi connectivity index (χ0) is 15.1. The van der Waals surface area contributed by atoms with Crippen molar-refractivity contribution in [3.63, 3.8) is 0 Å². The molecule has 3 nitrogen and oxygen atoms in total. The molecule has 1 N–H and O–H groups in total. The third-order valence-corrected chi connectivity index (χ3v) is 5.81. The fourth-order valence-electron chi connectivity index (χ4n) is 3.99. The van der Waals surface area contributed by atoms with E-state index in [-0.39, 0.29) is 24.8 Å². The number of rotatable bonds is 2. The third kappa shape index (κ3) is 3.66. The highest BCUT2D eigenvalue weighted by molar-refractivity contribution is 6.32. The third-order valence-electron chi connectivity index (χ3n) is 5.31. The van der Waals surface area contributed by atoms with Gasteiger partial charge in [0.1, 0.15) is 0 Å². The molecule has 2 aromatic rings. The van der Waals surface area contributed by atoms with E-state index in [1.54, 1.807) is 0 Å². The number of halogens is 3. The molecule has 2 atom stereocenters. The monoisotopic (exact) mass is 387 g/mol. The Bertz CT molecular complexity index is 707. The minimum absolute atomic E-state index is 0. The Morgan fingerprint density at radius 1 is 1.21 bits per heavy atom. The maximum atomic E-state index is 6.60. The molecule has 0 aliphatic carbocycles. The van der Waals surface area contributed by atoms with Gasteiger partial charge in [0.2, 0.25) is 0 Å². The number of nitrogens with one attached hydrogen (secondary N) is 1. The number of aromatic nitrogens is 1. The second kappa shape index (κ2) is 8.20. The van der Waals surface area contributed by atoms with Crippen LogP contribution in [0.5, 0.6) is 0 Å². The highest BCUT2D eigenvalue weighted by Crippen LogP contribution is 2.30. The molecule has 2 aliphatic rings. The number of hydrogen-bond acceptors (Lipinski definition) is 3. The van der Waals surface area contributed by atoms with Crippen LogP contribution in [-0.4, -0.2) is 36.1 Å². The number of para-hydroxylation sites is 1. The standard InChI is InChI=1S/C18H22ClN3.2ClH/c1-12-15-4-2-3-5-16(15)21-17(18(12)19)11-22-7-6-13-8-20-9-14(13)10-22;;/h2-5,13-14,20H,6-11H2,1H3;2*1H. The number of hydrogen-bond donors (Lipinski definition) is 1. The zero-order valence-electron chi connectivity index (χ0n) is 13.8. The normalized spacial score (nSPS) is 23.4. The van der Waals surface area contributed by atoms with Gasteiger partial charge in [-0.15, -0.1) is 24.8 Å². The topological polar surface area (TPSA) is 28.2 Å². The van der Waals surface area contributed by atoms with Gasteiger partial charge in [0.25, 0.3) is 0 Å². The minimum Gasteiger partial charge on any atom is -0.316 e. The van der Waals surface area contributed by atoms with Gasteiger partial charge in [-0.05, 0) is 56.4 Å². The highest BCUT2D eigenvalue weighted by Gasteiger charge is 2.33. The number of nitrogens with zero attached hydrogens (tertiary/aromatic N) is 2. The van der Waals surface area contributed by atoms with Crippen molar-refractivity contribution >= 4 is 47.3 Å². The molecule has 0 radical (unpaired) electrons. The van der Waals surface area contributed by atoms with Gasteiger partial charge in [-0.1, -0.05) is 29.8 Å². The van der Waals surface area contributed by atoms with Crippen LogP contribution in [0.2, 0.25) is 5.02 Å². The van der Waals surface area contributed by atoms with Crippen LogP contribution in [-0.2, 0) is 6.54 Å². The number of aryl methyl sites for hydroxylation is 1. The predicted octanol–water partition coefficient (Wildman–Crippen LogP) is 4.08. The SMILES string of the molecule is Cc1c(Cl)c(CN2CCC3CNCC3C2)nc2ccccc12.Cl.Cl. The Kier molecular flexibility index (Phi) is 6.74. The summed E-state index contributed by atoms with van der Waals surface area (Å²) in [7, 11) is 0. The lowest BCUT2D eigenvalue weighted by molar-refractivity contribution is 0.141. The van der Waals surface area contributed by atoms with Gasteiger partial charge >= 0.3 is 0 Å². The molecule has 1 aromatic carbocycles. The summed E-state index contributed by atoms with van der Waals surface area (Å²) in [5.41, 5.74) is 3.23. The lowest BCUT2D eigenvalue weighted by Crippen LogP contribution is -2.39. The largest absolute Gasteiger partial charge is 0.316 e. The summed E-state index contributed by atoms with van der Waals surface area (Å²) in [5, 5.41) is 5.53. The van der Waals surface area contributed by atoms with Crippen LogP contribution in [0.15, 0.2) is 24.3 Å². The summed E-state index contributed by atoms with van der Waals surface area (Å²) in [6.45, 7) is 7.66. The van der Waals surface area contributed by atoms with Crippen LogP contribution in [0.3, 0.4) is 0 Å². The van der Waals surface area contributed by atoms with Crippen LogP contribution in [0.1, 0.15) is 17.7 Å². The lowest BCUT2D eigenvalue weighted by atomic mass is 9.88. The molecule has 2 fully saturated rings. The smallest absolute Gasteiger partial charge is 0.0740 e. The first-order valence-corrected chi connectivity index (χ1v) is 8.57. The highest BCUT2D eigenvalue weighted by atomic mass is 35.5. The van der Waals surface area contributed by atoms with Gasteiger partial charge in [-0.25, -0.2) is 4.98 Å². The van der Waals surface area contributed by atoms with Crippen molar-refractivity contribution in [1.82, 2.24) is 15.2 Å². The molecule has 2 saturated heterocycles. The Morgan fingerprint density at radius 3 is 2.79 bits per heavy atom. The fraction of sp³-hybridized carbons (Fsp3) is 0.500. The van der Waals surface area contributed by atoms with E-state index in [4.69, 9.17) is 16.6 Å². The first kappa shape index (κ1) is 19.7. The molecule has 24 heavy (non-hydrogen) atoms. The van der Waals surface area contributed by atoms with Crippen LogP contribution in [0.25, 0.3) is 10.9 Å². The lowest BCUT2D eigenvalue weighted by Gasteiger charge is -2.34. The van der Waals surface area contributed by atoms with E-state index in [1.807, 2.05) is 12.1 Å². The number of likely N-dealkylation sites (tertiary alicyclic amines) is 1. The molecule has 1 aromatic heterocycles. The van der Waals surface area contributed by atoms with E-state index >= 15 is 0 Å². The molecular weight excluding hydrogens is 365 g/mol. The Morgan fingerprint density at radius 2 is 1.96 bits per heavy atom. The van der Waals surface area contributed by atoms with Crippen molar-refractivity contribution in [2.45, 2.75) is 19.9 Å². The zero-order valence-corrected chi connectivity index (χ0v) is 16.2. The first-order valence-electron chi connectivity index (χ1n) is 8.19. The van der Waals surface area contributed by atoms with Crippen LogP contribution in [0, 0.1) is 18.8 Å². The fourth-order valence-corrected chi connectivity index (χ4v) is 4.19. The van der Waals surface area contributed by atoms with Crippen molar-refractivity contribution in [2.24, 2.45) is 11.8 Å². The minimum atomic E-state index is 0. The van der Waals surface area contributed by atoms with E-state index in [1.165, 1.54) is 26.1 Å². The Balaban J connectivity index is 0.00000104. The second-order valence-electron chi connectivity index (χ2n) is 6.72.